The number of halogens is 1. The van der Waals surface area contributed by atoms with Crippen molar-refractivity contribution in [3.8, 4) is 5.75 Å². The van der Waals surface area contributed by atoms with Crippen LogP contribution in [0.4, 0.5) is 0 Å². The van der Waals surface area contributed by atoms with Gasteiger partial charge in [-0.15, -0.1) is 0 Å². The van der Waals surface area contributed by atoms with Crippen molar-refractivity contribution in [2.45, 2.75) is 6.23 Å². The maximum absolute atomic E-state index is 9.27. The van der Waals surface area contributed by atoms with Crippen molar-refractivity contribution in [2.24, 2.45) is 0 Å². The first-order chi connectivity index (χ1) is 5.27. The average molecular weight is 172 g/mol. The monoisotopic (exact) mass is 171 g/mol. The molecule has 0 aliphatic carbocycles. The van der Waals surface area contributed by atoms with E-state index in [9.17, 15) is 5.11 Å². The Morgan fingerprint density at radius 3 is 2.91 bits per heavy atom. The Kier molecular flexibility index (Phi) is 1.49. The summed E-state index contributed by atoms with van der Waals surface area (Å²) in [6, 6.07) is 4.84. The Labute approximate surface area is 68.5 Å². The van der Waals surface area contributed by atoms with Crippen LogP contribution in [0.3, 0.4) is 0 Å². The van der Waals surface area contributed by atoms with Gasteiger partial charge in [0.05, 0.1) is 0 Å². The number of hydrogen-bond acceptors (Lipinski definition) is 3. The van der Waals surface area contributed by atoms with Crippen LogP contribution in [0.2, 0.25) is 5.02 Å². The quantitative estimate of drug-likeness (QED) is 0.631. The van der Waals surface area contributed by atoms with Gasteiger partial charge in [-0.3, -0.25) is 4.84 Å². The molecule has 11 heavy (non-hydrogen) atoms. The molecule has 1 unspecified atom stereocenters. The van der Waals surface area contributed by atoms with Gasteiger partial charge in [0.1, 0.15) is 5.75 Å². The van der Waals surface area contributed by atoms with E-state index in [1.54, 1.807) is 18.2 Å². The zero-order valence-electron chi connectivity index (χ0n) is 5.54. The first kappa shape index (κ1) is 6.91. The van der Waals surface area contributed by atoms with Gasteiger partial charge in [0, 0.05) is 10.6 Å². The van der Waals surface area contributed by atoms with Crippen molar-refractivity contribution in [1.29, 1.82) is 0 Å². The molecule has 0 saturated carbocycles. The largest absolute Gasteiger partial charge is 0.508 e. The van der Waals surface area contributed by atoms with E-state index in [1.165, 1.54) is 0 Å². The van der Waals surface area contributed by atoms with Crippen LogP contribution in [0.5, 0.6) is 5.75 Å². The average Bonchev–Trinajstić information content (AvgIpc) is 2.76. The van der Waals surface area contributed by atoms with E-state index in [2.05, 4.69) is 5.48 Å². The fourth-order valence-corrected chi connectivity index (χ4v) is 1.08. The van der Waals surface area contributed by atoms with Gasteiger partial charge in [-0.05, 0) is 18.2 Å². The molecule has 1 aliphatic heterocycles. The number of phenols is 1. The standard InChI is InChI=1S/C7H6ClNO2/c8-4-1-2-6(10)5(3-4)7-9-11-7/h1-3,7,9-10H. The molecule has 1 aromatic rings. The second kappa shape index (κ2) is 2.37. The Balaban J connectivity index is 2.42. The van der Waals surface area contributed by atoms with Crippen LogP contribution >= 0.6 is 11.6 Å². The van der Waals surface area contributed by atoms with Crippen LogP contribution in [-0.4, -0.2) is 5.11 Å². The predicted octanol–water partition coefficient (Wildman–Crippen LogP) is 1.58. The third kappa shape index (κ3) is 1.30. The van der Waals surface area contributed by atoms with E-state index in [0.29, 0.717) is 10.6 Å². The smallest absolute Gasteiger partial charge is 0.180 e. The summed E-state index contributed by atoms with van der Waals surface area (Å²) in [5.41, 5.74) is 3.28. The van der Waals surface area contributed by atoms with Gasteiger partial charge >= 0.3 is 0 Å². The molecule has 1 aliphatic rings. The van der Waals surface area contributed by atoms with Gasteiger partial charge in [0.2, 0.25) is 0 Å². The predicted molar refractivity (Wildman–Crippen MR) is 40.1 cm³/mol. The Morgan fingerprint density at radius 2 is 2.27 bits per heavy atom. The van der Waals surface area contributed by atoms with E-state index in [1.807, 2.05) is 0 Å². The lowest BCUT2D eigenvalue weighted by molar-refractivity contribution is 0.368. The van der Waals surface area contributed by atoms with Crippen LogP contribution in [-0.2, 0) is 4.84 Å². The third-order valence-corrected chi connectivity index (χ3v) is 1.74. The second-order valence-corrected chi connectivity index (χ2v) is 2.76. The molecule has 0 radical (unpaired) electrons. The Bertz CT molecular complexity index is 286. The van der Waals surface area contributed by atoms with Crippen molar-refractivity contribution in [2.75, 3.05) is 0 Å². The molecule has 4 heteroatoms. The second-order valence-electron chi connectivity index (χ2n) is 2.32. The SMILES string of the molecule is Oc1ccc(Cl)cc1C1NO1. The summed E-state index contributed by atoms with van der Waals surface area (Å²) in [4.78, 5) is 4.76. The first-order valence-electron chi connectivity index (χ1n) is 3.17. The maximum Gasteiger partial charge on any atom is 0.180 e. The molecular formula is C7H6ClNO2. The summed E-state index contributed by atoms with van der Waals surface area (Å²) in [5, 5.41) is 9.86. The summed E-state index contributed by atoms with van der Waals surface area (Å²) in [5.74, 6) is 0.199. The van der Waals surface area contributed by atoms with Gasteiger partial charge in [0.15, 0.2) is 6.23 Å². The zero-order valence-corrected chi connectivity index (χ0v) is 6.30. The number of rotatable bonds is 1. The highest BCUT2D eigenvalue weighted by molar-refractivity contribution is 6.30. The molecule has 2 N–H and O–H groups in total. The van der Waals surface area contributed by atoms with Crippen molar-refractivity contribution in [3.05, 3.63) is 28.8 Å². The molecule has 1 heterocycles. The Hall–Kier alpha value is -0.770. The minimum Gasteiger partial charge on any atom is -0.508 e. The van der Waals surface area contributed by atoms with Crippen molar-refractivity contribution in [3.63, 3.8) is 0 Å². The molecule has 2 rings (SSSR count). The molecule has 0 spiro atoms. The topological polar surface area (TPSA) is 54.7 Å². The molecule has 0 amide bonds. The number of hydrogen-bond donors (Lipinski definition) is 2. The van der Waals surface area contributed by atoms with Gasteiger partial charge in [0.25, 0.3) is 0 Å². The zero-order chi connectivity index (χ0) is 7.84. The van der Waals surface area contributed by atoms with Crippen LogP contribution in [0.15, 0.2) is 18.2 Å². The highest BCUT2D eigenvalue weighted by Crippen LogP contribution is 2.32. The lowest BCUT2D eigenvalue weighted by atomic mass is 10.2. The summed E-state index contributed by atoms with van der Waals surface area (Å²) < 4.78 is 0. The number of phenolic OH excluding ortho intramolecular Hbond substituents is 1. The van der Waals surface area contributed by atoms with Crippen LogP contribution in [0.25, 0.3) is 0 Å². The molecule has 0 bridgehead atoms. The van der Waals surface area contributed by atoms with Crippen molar-refractivity contribution in [1.82, 2.24) is 5.48 Å². The van der Waals surface area contributed by atoms with Gasteiger partial charge in [-0.1, -0.05) is 11.6 Å². The lowest BCUT2D eigenvalue weighted by Crippen LogP contribution is -1.84. The molecule has 1 saturated heterocycles. The van der Waals surface area contributed by atoms with Crippen molar-refractivity contribution < 1.29 is 9.94 Å². The third-order valence-electron chi connectivity index (χ3n) is 1.51. The van der Waals surface area contributed by atoms with E-state index in [4.69, 9.17) is 16.4 Å². The summed E-state index contributed by atoms with van der Waals surface area (Å²) in [7, 11) is 0. The minimum atomic E-state index is -0.186. The Morgan fingerprint density at radius 1 is 1.55 bits per heavy atom. The first-order valence-corrected chi connectivity index (χ1v) is 3.55. The molecular weight excluding hydrogens is 166 g/mol. The van der Waals surface area contributed by atoms with Gasteiger partial charge < -0.3 is 5.11 Å². The minimum absolute atomic E-state index is 0.186. The molecule has 0 aromatic heterocycles. The molecule has 1 aromatic carbocycles. The van der Waals surface area contributed by atoms with E-state index >= 15 is 0 Å². The number of aromatic hydroxyl groups is 1. The molecule has 58 valence electrons. The highest BCUT2D eigenvalue weighted by Gasteiger charge is 2.27. The number of hydroxylamine groups is 1. The van der Waals surface area contributed by atoms with Gasteiger partial charge in [-0.2, -0.15) is 5.48 Å². The lowest BCUT2D eigenvalue weighted by Gasteiger charge is -1.98. The van der Waals surface area contributed by atoms with Gasteiger partial charge in [-0.25, -0.2) is 0 Å². The molecule has 3 nitrogen and oxygen atoms in total. The normalized spacial score (nSPS) is 21.7. The van der Waals surface area contributed by atoms with E-state index in [-0.39, 0.29) is 12.0 Å². The fraction of sp³-hybridized carbons (Fsp3) is 0.143. The van der Waals surface area contributed by atoms with Crippen LogP contribution < -0.4 is 5.48 Å². The van der Waals surface area contributed by atoms with Crippen molar-refractivity contribution >= 4 is 11.6 Å². The number of benzene rings is 1. The van der Waals surface area contributed by atoms with E-state index < -0.39 is 0 Å². The molecule has 1 atom stereocenters. The van der Waals surface area contributed by atoms with E-state index in [0.717, 1.165) is 0 Å². The highest BCUT2D eigenvalue weighted by atomic mass is 35.5. The van der Waals surface area contributed by atoms with Crippen LogP contribution in [0, 0.1) is 0 Å². The number of nitrogens with one attached hydrogen (secondary N) is 1. The summed E-state index contributed by atoms with van der Waals surface area (Å²) >= 11 is 5.69. The fourth-order valence-electron chi connectivity index (χ4n) is 0.896. The summed E-state index contributed by atoms with van der Waals surface area (Å²) in [6.45, 7) is 0. The maximum atomic E-state index is 9.27. The summed E-state index contributed by atoms with van der Waals surface area (Å²) in [6.07, 6.45) is -0.186. The van der Waals surface area contributed by atoms with Crippen LogP contribution in [0.1, 0.15) is 11.8 Å². The molecule has 1 fully saturated rings.